The molecule has 2 aromatic heterocycles. The van der Waals surface area contributed by atoms with Crippen molar-refractivity contribution in [3.63, 3.8) is 0 Å². The van der Waals surface area contributed by atoms with Crippen molar-refractivity contribution in [3.05, 3.63) is 41.8 Å². The van der Waals surface area contributed by atoms with Gasteiger partial charge in [0.2, 0.25) is 0 Å². The molecule has 0 amide bonds. The van der Waals surface area contributed by atoms with E-state index in [-0.39, 0.29) is 0 Å². The van der Waals surface area contributed by atoms with Crippen LogP contribution >= 0.6 is 0 Å². The highest BCUT2D eigenvalue weighted by Crippen LogP contribution is 2.25. The number of nitrogens with zero attached hydrogens (tertiary/aromatic N) is 1. The highest BCUT2D eigenvalue weighted by molar-refractivity contribution is 5.57. The zero-order valence-electron chi connectivity index (χ0n) is 8.45. The van der Waals surface area contributed by atoms with E-state index in [1.54, 1.807) is 6.20 Å². The second kappa shape index (κ2) is 3.66. The molecule has 0 saturated heterocycles. The first-order valence-corrected chi connectivity index (χ1v) is 4.82. The molecule has 0 aliphatic rings. The number of hydrogen-bond acceptors (Lipinski definition) is 2. The molecule has 0 atom stereocenters. The summed E-state index contributed by atoms with van der Waals surface area (Å²) in [6, 6.07) is 7.92. The minimum Gasteiger partial charge on any atom is -0.459 e. The van der Waals surface area contributed by atoms with E-state index in [9.17, 15) is 0 Å². The molecular weight excluding hydrogens is 174 g/mol. The third-order valence-electron chi connectivity index (χ3n) is 2.21. The molecule has 2 aromatic rings. The van der Waals surface area contributed by atoms with E-state index in [2.05, 4.69) is 18.0 Å². The van der Waals surface area contributed by atoms with Crippen LogP contribution in [0.2, 0.25) is 0 Å². The smallest absolute Gasteiger partial charge is 0.155 e. The molecule has 2 heteroatoms. The Balaban J connectivity index is 2.51. The van der Waals surface area contributed by atoms with Gasteiger partial charge >= 0.3 is 0 Å². The van der Waals surface area contributed by atoms with Crippen LogP contribution in [0.5, 0.6) is 0 Å². The molecule has 2 nitrogen and oxygen atoms in total. The van der Waals surface area contributed by atoms with E-state index >= 15 is 0 Å². The minimum absolute atomic E-state index is 0.908. The molecule has 0 aliphatic carbocycles. The predicted octanol–water partition coefficient (Wildman–Crippen LogP) is 3.21. The van der Waals surface area contributed by atoms with Crippen LogP contribution in [-0.2, 0) is 6.42 Å². The van der Waals surface area contributed by atoms with Crippen molar-refractivity contribution in [2.75, 3.05) is 0 Å². The summed E-state index contributed by atoms with van der Waals surface area (Å²) in [5.74, 6) is 1.85. The van der Waals surface area contributed by atoms with Crippen LogP contribution in [0.3, 0.4) is 0 Å². The fraction of sp³-hybridized carbons (Fsp3) is 0.250. The largest absolute Gasteiger partial charge is 0.459 e. The summed E-state index contributed by atoms with van der Waals surface area (Å²) in [5, 5.41) is 0. The number of aryl methyl sites for hydroxylation is 2. The average molecular weight is 187 g/mol. The highest BCUT2D eigenvalue weighted by Gasteiger charge is 2.09. The first-order chi connectivity index (χ1) is 6.81. The lowest BCUT2D eigenvalue weighted by Crippen LogP contribution is -1.84. The molecule has 0 unspecified atom stereocenters. The lowest BCUT2D eigenvalue weighted by atomic mass is 10.1. The molecule has 0 radical (unpaired) electrons. The standard InChI is InChI=1S/C12H13NO/c1-3-10-8-9(2)14-12(10)11-6-4-5-7-13-11/h4-8H,3H2,1-2H3. The average Bonchev–Trinajstić information content (AvgIpc) is 2.61. The van der Waals surface area contributed by atoms with E-state index in [1.807, 2.05) is 25.1 Å². The van der Waals surface area contributed by atoms with Gasteiger partial charge in [0, 0.05) is 11.8 Å². The van der Waals surface area contributed by atoms with Gasteiger partial charge in [-0.25, -0.2) is 0 Å². The molecule has 14 heavy (non-hydrogen) atoms. The molecule has 2 rings (SSSR count). The predicted molar refractivity (Wildman–Crippen MR) is 56.1 cm³/mol. The van der Waals surface area contributed by atoms with E-state index in [1.165, 1.54) is 5.56 Å². The summed E-state index contributed by atoms with van der Waals surface area (Å²) in [5.41, 5.74) is 2.14. The summed E-state index contributed by atoms with van der Waals surface area (Å²) in [4.78, 5) is 4.28. The second-order valence-electron chi connectivity index (χ2n) is 3.28. The molecule has 0 aliphatic heterocycles. The number of hydrogen-bond donors (Lipinski definition) is 0. The Kier molecular flexibility index (Phi) is 2.35. The summed E-state index contributed by atoms with van der Waals surface area (Å²) in [6.07, 6.45) is 2.76. The Morgan fingerprint density at radius 3 is 2.86 bits per heavy atom. The lowest BCUT2D eigenvalue weighted by Gasteiger charge is -1.97. The van der Waals surface area contributed by atoms with Crippen LogP contribution in [0.1, 0.15) is 18.2 Å². The van der Waals surface area contributed by atoms with E-state index in [4.69, 9.17) is 4.42 Å². The van der Waals surface area contributed by atoms with Crippen molar-refractivity contribution in [2.45, 2.75) is 20.3 Å². The van der Waals surface area contributed by atoms with Gasteiger partial charge in [0.1, 0.15) is 11.5 Å². The Labute approximate surface area is 83.6 Å². The summed E-state index contributed by atoms with van der Waals surface area (Å²) < 4.78 is 5.63. The fourth-order valence-corrected chi connectivity index (χ4v) is 1.54. The van der Waals surface area contributed by atoms with Gasteiger partial charge in [-0.3, -0.25) is 4.98 Å². The summed E-state index contributed by atoms with van der Waals surface area (Å²) in [7, 11) is 0. The number of pyridine rings is 1. The maximum atomic E-state index is 5.63. The number of furan rings is 1. The number of aromatic nitrogens is 1. The van der Waals surface area contributed by atoms with Gasteiger partial charge in [0.05, 0.1) is 0 Å². The van der Waals surface area contributed by atoms with Crippen molar-refractivity contribution in [3.8, 4) is 11.5 Å². The first-order valence-electron chi connectivity index (χ1n) is 4.82. The monoisotopic (exact) mass is 187 g/mol. The minimum atomic E-state index is 0.908. The molecule has 0 aromatic carbocycles. The zero-order valence-corrected chi connectivity index (χ0v) is 8.45. The maximum absolute atomic E-state index is 5.63. The van der Waals surface area contributed by atoms with Crippen molar-refractivity contribution in [1.29, 1.82) is 0 Å². The normalized spacial score (nSPS) is 10.4. The van der Waals surface area contributed by atoms with Gasteiger partial charge in [-0.15, -0.1) is 0 Å². The SMILES string of the molecule is CCc1cc(C)oc1-c1ccccn1. The van der Waals surface area contributed by atoms with E-state index in [0.29, 0.717) is 0 Å². The molecular formula is C12H13NO. The summed E-state index contributed by atoms with van der Waals surface area (Å²) >= 11 is 0. The van der Waals surface area contributed by atoms with Crippen molar-refractivity contribution >= 4 is 0 Å². The Bertz CT molecular complexity index is 417. The van der Waals surface area contributed by atoms with E-state index in [0.717, 1.165) is 23.6 Å². The maximum Gasteiger partial charge on any atom is 0.155 e. The molecule has 0 bridgehead atoms. The van der Waals surface area contributed by atoms with Crippen LogP contribution in [0.15, 0.2) is 34.9 Å². The lowest BCUT2D eigenvalue weighted by molar-refractivity contribution is 0.544. The fourth-order valence-electron chi connectivity index (χ4n) is 1.54. The topological polar surface area (TPSA) is 26.0 Å². The molecule has 0 spiro atoms. The van der Waals surface area contributed by atoms with Gasteiger partial charge in [-0.1, -0.05) is 13.0 Å². The van der Waals surface area contributed by atoms with Crippen LogP contribution in [0, 0.1) is 6.92 Å². The molecule has 72 valence electrons. The highest BCUT2D eigenvalue weighted by atomic mass is 16.3. The van der Waals surface area contributed by atoms with Gasteiger partial charge in [-0.2, -0.15) is 0 Å². The quantitative estimate of drug-likeness (QED) is 0.721. The van der Waals surface area contributed by atoms with Gasteiger partial charge < -0.3 is 4.42 Å². The van der Waals surface area contributed by atoms with Crippen molar-refractivity contribution in [1.82, 2.24) is 4.98 Å². The third-order valence-corrected chi connectivity index (χ3v) is 2.21. The molecule has 0 fully saturated rings. The molecule has 2 heterocycles. The Morgan fingerprint density at radius 2 is 2.21 bits per heavy atom. The van der Waals surface area contributed by atoms with Crippen LogP contribution in [-0.4, -0.2) is 4.98 Å². The van der Waals surface area contributed by atoms with Crippen LogP contribution in [0.4, 0.5) is 0 Å². The van der Waals surface area contributed by atoms with E-state index < -0.39 is 0 Å². The second-order valence-corrected chi connectivity index (χ2v) is 3.28. The molecule has 0 saturated carbocycles. The van der Waals surface area contributed by atoms with Crippen LogP contribution < -0.4 is 0 Å². The van der Waals surface area contributed by atoms with Crippen molar-refractivity contribution in [2.24, 2.45) is 0 Å². The van der Waals surface area contributed by atoms with Gasteiger partial charge in [-0.05, 0) is 31.5 Å². The van der Waals surface area contributed by atoms with Crippen LogP contribution in [0.25, 0.3) is 11.5 Å². The number of rotatable bonds is 2. The van der Waals surface area contributed by atoms with Gasteiger partial charge in [0.25, 0.3) is 0 Å². The third kappa shape index (κ3) is 1.55. The zero-order chi connectivity index (χ0) is 9.97. The summed E-state index contributed by atoms with van der Waals surface area (Å²) in [6.45, 7) is 4.09. The van der Waals surface area contributed by atoms with Gasteiger partial charge in [0.15, 0.2) is 5.76 Å². The Morgan fingerprint density at radius 1 is 1.36 bits per heavy atom. The molecule has 0 N–H and O–H groups in total. The Hall–Kier alpha value is -1.57. The van der Waals surface area contributed by atoms with Crippen molar-refractivity contribution < 1.29 is 4.42 Å². The first kappa shape index (κ1) is 9.00.